The number of ketones is 1. The van der Waals surface area contributed by atoms with Crippen molar-refractivity contribution in [2.45, 2.75) is 19.8 Å². The van der Waals surface area contributed by atoms with Crippen molar-refractivity contribution < 1.29 is 9.59 Å². The molecule has 0 fully saturated rings. The second-order valence-electron chi connectivity index (χ2n) is 5.46. The second-order valence-corrected chi connectivity index (χ2v) is 5.90. The average Bonchev–Trinajstić information content (AvgIpc) is 2.66. The summed E-state index contributed by atoms with van der Waals surface area (Å²) in [4.78, 5) is 26.8. The fraction of sp³-hybridized carbons (Fsp3) is 0.222. The van der Waals surface area contributed by atoms with E-state index < -0.39 is 0 Å². The lowest BCUT2D eigenvalue weighted by atomic mass is 10.0. The molecule has 0 N–H and O–H groups in total. The topological polar surface area (TPSA) is 37.4 Å². The van der Waals surface area contributed by atoms with E-state index in [9.17, 15) is 9.59 Å². The summed E-state index contributed by atoms with van der Waals surface area (Å²) in [5.41, 5.74) is 2.77. The van der Waals surface area contributed by atoms with Crippen LogP contribution in [0.2, 0.25) is 5.02 Å². The number of carbonyl (C=O) groups is 2. The molecule has 1 aliphatic rings. The highest BCUT2D eigenvalue weighted by Gasteiger charge is 2.26. The Morgan fingerprint density at radius 1 is 1.18 bits per heavy atom. The van der Waals surface area contributed by atoms with Crippen LogP contribution in [0.3, 0.4) is 0 Å². The summed E-state index contributed by atoms with van der Waals surface area (Å²) in [5, 5.41) is 0.524. The van der Waals surface area contributed by atoms with E-state index >= 15 is 0 Å². The summed E-state index contributed by atoms with van der Waals surface area (Å²) in [6, 6.07) is 12.6. The zero-order valence-electron chi connectivity index (χ0n) is 12.3. The smallest absolute Gasteiger partial charge is 0.258 e. The fourth-order valence-electron chi connectivity index (χ4n) is 2.79. The van der Waals surface area contributed by atoms with Gasteiger partial charge in [0.2, 0.25) is 0 Å². The lowest BCUT2D eigenvalue weighted by Gasteiger charge is -2.23. The van der Waals surface area contributed by atoms with Gasteiger partial charge >= 0.3 is 0 Å². The van der Waals surface area contributed by atoms with Gasteiger partial charge in [-0.15, -0.1) is 0 Å². The molecule has 1 aliphatic heterocycles. The number of Topliss-reactive ketones (excluding diaryl/α,β-unsaturated/α-hetero) is 1. The van der Waals surface area contributed by atoms with Crippen molar-refractivity contribution in [2.24, 2.45) is 0 Å². The van der Waals surface area contributed by atoms with Crippen molar-refractivity contribution in [3.8, 4) is 0 Å². The molecule has 0 unspecified atom stereocenters. The molecular weight excluding hydrogens is 298 g/mol. The van der Waals surface area contributed by atoms with E-state index in [-0.39, 0.29) is 11.7 Å². The van der Waals surface area contributed by atoms with Gasteiger partial charge in [-0.3, -0.25) is 9.59 Å². The average molecular weight is 314 g/mol. The predicted octanol–water partition coefficient (Wildman–Crippen LogP) is 4.27. The van der Waals surface area contributed by atoms with Crippen LogP contribution in [0, 0.1) is 6.92 Å². The van der Waals surface area contributed by atoms with E-state index in [4.69, 9.17) is 11.6 Å². The zero-order valence-corrected chi connectivity index (χ0v) is 13.1. The molecule has 0 aromatic heterocycles. The number of carbonyl (C=O) groups excluding carboxylic acids is 2. The molecule has 3 nitrogen and oxygen atoms in total. The first-order valence-electron chi connectivity index (χ1n) is 7.28. The molecular formula is C18H16ClNO2. The van der Waals surface area contributed by atoms with Gasteiger partial charge in [0.15, 0.2) is 5.78 Å². The van der Waals surface area contributed by atoms with E-state index in [2.05, 4.69) is 0 Å². The second kappa shape index (κ2) is 5.93. The van der Waals surface area contributed by atoms with Crippen LogP contribution in [0.4, 0.5) is 5.69 Å². The van der Waals surface area contributed by atoms with Crippen LogP contribution in [-0.2, 0) is 0 Å². The van der Waals surface area contributed by atoms with E-state index in [1.165, 1.54) is 0 Å². The molecule has 0 atom stereocenters. The summed E-state index contributed by atoms with van der Waals surface area (Å²) >= 11 is 6.08. The van der Waals surface area contributed by atoms with Crippen molar-refractivity contribution in [1.29, 1.82) is 0 Å². The van der Waals surface area contributed by atoms with Crippen molar-refractivity contribution in [3.63, 3.8) is 0 Å². The number of aryl methyl sites for hydroxylation is 1. The molecule has 0 radical (unpaired) electrons. The highest BCUT2D eigenvalue weighted by atomic mass is 35.5. The molecule has 0 bridgehead atoms. The normalized spacial score (nSPS) is 14.5. The minimum atomic E-state index is -0.0867. The Morgan fingerprint density at radius 2 is 1.95 bits per heavy atom. The standard InChI is InChI=1S/C18H16ClNO2/c1-12-5-2-3-6-14(12)18(22)20-10-4-7-17(21)15-9-8-13(19)11-16(15)20/h2-3,5-6,8-9,11H,4,7,10H2,1H3. The third kappa shape index (κ3) is 2.64. The van der Waals surface area contributed by atoms with Crippen LogP contribution in [0.5, 0.6) is 0 Å². The first-order chi connectivity index (χ1) is 10.6. The van der Waals surface area contributed by atoms with Crippen LogP contribution in [0.25, 0.3) is 0 Å². The molecule has 3 rings (SSSR count). The molecule has 0 aliphatic carbocycles. The van der Waals surface area contributed by atoms with Gasteiger partial charge in [0.05, 0.1) is 5.69 Å². The summed E-state index contributed by atoms with van der Waals surface area (Å²) < 4.78 is 0. The highest BCUT2D eigenvalue weighted by molar-refractivity contribution is 6.31. The van der Waals surface area contributed by atoms with Gasteiger partial charge in [-0.05, 0) is 43.2 Å². The van der Waals surface area contributed by atoms with E-state index in [1.54, 1.807) is 23.1 Å². The monoisotopic (exact) mass is 313 g/mol. The van der Waals surface area contributed by atoms with Crippen molar-refractivity contribution in [3.05, 3.63) is 64.2 Å². The molecule has 112 valence electrons. The van der Waals surface area contributed by atoms with Gasteiger partial charge in [-0.2, -0.15) is 0 Å². The Kier molecular flexibility index (Phi) is 3.99. The molecule has 4 heteroatoms. The summed E-state index contributed by atoms with van der Waals surface area (Å²) in [7, 11) is 0. The van der Waals surface area contributed by atoms with Gasteiger partial charge in [-0.1, -0.05) is 29.8 Å². The van der Waals surface area contributed by atoms with E-state index in [0.29, 0.717) is 41.2 Å². The maximum absolute atomic E-state index is 12.9. The largest absolute Gasteiger partial charge is 0.308 e. The van der Waals surface area contributed by atoms with E-state index in [0.717, 1.165) is 5.56 Å². The quantitative estimate of drug-likeness (QED) is 0.788. The fourth-order valence-corrected chi connectivity index (χ4v) is 2.95. The number of rotatable bonds is 1. The molecule has 0 spiro atoms. The maximum Gasteiger partial charge on any atom is 0.258 e. The Labute approximate surface area is 134 Å². The van der Waals surface area contributed by atoms with Crippen LogP contribution in [0.1, 0.15) is 39.1 Å². The molecule has 0 saturated carbocycles. The Morgan fingerprint density at radius 3 is 2.73 bits per heavy atom. The number of benzene rings is 2. The minimum Gasteiger partial charge on any atom is -0.308 e. The van der Waals surface area contributed by atoms with Crippen LogP contribution < -0.4 is 4.90 Å². The molecule has 22 heavy (non-hydrogen) atoms. The third-order valence-electron chi connectivity index (χ3n) is 3.96. The number of amides is 1. The SMILES string of the molecule is Cc1ccccc1C(=O)N1CCCC(=O)c2ccc(Cl)cc21. The third-order valence-corrected chi connectivity index (χ3v) is 4.19. The lowest BCUT2D eigenvalue weighted by Crippen LogP contribution is -2.32. The molecule has 0 saturated heterocycles. The summed E-state index contributed by atoms with van der Waals surface area (Å²) in [6.07, 6.45) is 1.11. The van der Waals surface area contributed by atoms with Gasteiger partial charge in [-0.25, -0.2) is 0 Å². The number of fused-ring (bicyclic) bond motifs is 1. The molecule has 1 heterocycles. The summed E-state index contributed by atoms with van der Waals surface area (Å²) in [6.45, 7) is 2.43. The first-order valence-corrected chi connectivity index (χ1v) is 7.66. The molecule has 2 aromatic carbocycles. The summed E-state index contributed by atoms with van der Waals surface area (Å²) in [5.74, 6) is -0.0249. The molecule has 1 amide bonds. The minimum absolute atomic E-state index is 0.0618. The Balaban J connectivity index is 2.09. The number of halogens is 1. The maximum atomic E-state index is 12.9. The van der Waals surface area contributed by atoms with Crippen LogP contribution >= 0.6 is 11.6 Å². The van der Waals surface area contributed by atoms with Gasteiger partial charge < -0.3 is 4.90 Å². The van der Waals surface area contributed by atoms with Gasteiger partial charge in [0.25, 0.3) is 5.91 Å². The van der Waals surface area contributed by atoms with E-state index in [1.807, 2.05) is 31.2 Å². The first kappa shape index (κ1) is 14.8. The Bertz CT molecular complexity index is 755. The molecule has 2 aromatic rings. The highest BCUT2D eigenvalue weighted by Crippen LogP contribution is 2.30. The lowest BCUT2D eigenvalue weighted by molar-refractivity contribution is 0.0973. The number of hydrogen-bond acceptors (Lipinski definition) is 2. The van der Waals surface area contributed by atoms with Crippen LogP contribution in [-0.4, -0.2) is 18.2 Å². The van der Waals surface area contributed by atoms with Crippen LogP contribution in [0.15, 0.2) is 42.5 Å². The van der Waals surface area contributed by atoms with Crippen molar-refractivity contribution >= 4 is 29.0 Å². The Hall–Kier alpha value is -2.13. The van der Waals surface area contributed by atoms with Crippen molar-refractivity contribution in [2.75, 3.05) is 11.4 Å². The number of nitrogens with zero attached hydrogens (tertiary/aromatic N) is 1. The van der Waals surface area contributed by atoms with Gasteiger partial charge in [0.1, 0.15) is 0 Å². The number of anilines is 1. The van der Waals surface area contributed by atoms with Crippen molar-refractivity contribution in [1.82, 2.24) is 0 Å². The predicted molar refractivity (Wildman–Crippen MR) is 87.9 cm³/mol. The zero-order chi connectivity index (χ0) is 15.7. The number of hydrogen-bond donors (Lipinski definition) is 0. The van der Waals surface area contributed by atoms with Gasteiger partial charge in [0, 0.05) is 29.1 Å².